The molecule has 17 heavy (non-hydrogen) atoms. The van der Waals surface area contributed by atoms with E-state index in [1.807, 2.05) is 0 Å². The molecule has 0 aliphatic heterocycles. The first kappa shape index (κ1) is 13.8. The third kappa shape index (κ3) is 3.88. The van der Waals surface area contributed by atoms with E-state index < -0.39 is 22.9 Å². The Labute approximate surface area is 97.4 Å². The number of benzene rings is 1. The normalized spacial score (nSPS) is 12.4. The molecule has 0 aliphatic carbocycles. The number of hydrogen-bond donors (Lipinski definition) is 1. The van der Waals surface area contributed by atoms with E-state index in [2.05, 4.69) is 12.2 Å². The predicted molar refractivity (Wildman–Crippen MR) is 53.7 cm³/mol. The third-order valence-electron chi connectivity index (χ3n) is 1.73. The van der Waals surface area contributed by atoms with Crippen LogP contribution in [0.2, 0.25) is 0 Å². The van der Waals surface area contributed by atoms with Gasteiger partial charge in [-0.3, -0.25) is 0 Å². The van der Waals surface area contributed by atoms with Crippen molar-refractivity contribution in [2.45, 2.75) is 12.4 Å². The second kappa shape index (κ2) is 4.52. The lowest BCUT2D eigenvalue weighted by Gasteiger charge is -2.12. The molecule has 0 heterocycles. The van der Waals surface area contributed by atoms with Gasteiger partial charge in [-0.1, -0.05) is 12.2 Å². The first-order chi connectivity index (χ1) is 7.60. The van der Waals surface area contributed by atoms with Crippen LogP contribution in [0.15, 0.2) is 24.3 Å². The number of halogens is 6. The van der Waals surface area contributed by atoms with Crippen molar-refractivity contribution in [1.29, 1.82) is 0 Å². The van der Waals surface area contributed by atoms with Crippen molar-refractivity contribution >= 4 is 22.9 Å². The Morgan fingerprint density at radius 2 is 1.41 bits per heavy atom. The molecule has 0 spiro atoms. The van der Waals surface area contributed by atoms with Crippen LogP contribution in [0, 0.1) is 0 Å². The largest absolute Gasteiger partial charge is 0.441 e. The Morgan fingerprint density at radius 1 is 0.941 bits per heavy atom. The number of hydrogen-bond acceptors (Lipinski definition) is 1. The van der Waals surface area contributed by atoms with Crippen LogP contribution in [-0.2, 0) is 6.18 Å². The molecule has 1 N–H and O–H groups in total. The maximum atomic E-state index is 12.1. The van der Waals surface area contributed by atoms with E-state index in [0.29, 0.717) is 12.1 Å². The van der Waals surface area contributed by atoms with Gasteiger partial charge in [-0.05, 0) is 24.3 Å². The molecule has 0 bridgehead atoms. The van der Waals surface area contributed by atoms with Crippen molar-refractivity contribution in [1.82, 2.24) is 0 Å². The topological polar surface area (TPSA) is 12.0 Å². The maximum Gasteiger partial charge on any atom is 0.441 e. The quantitative estimate of drug-likeness (QED) is 0.613. The molecule has 0 saturated heterocycles. The maximum absolute atomic E-state index is 12.1. The highest BCUT2D eigenvalue weighted by Gasteiger charge is 2.34. The van der Waals surface area contributed by atoms with Crippen molar-refractivity contribution in [2.75, 3.05) is 5.32 Å². The van der Waals surface area contributed by atoms with Crippen molar-refractivity contribution in [2.24, 2.45) is 0 Å². The monoisotopic (exact) mass is 273 g/mol. The molecule has 0 aliphatic rings. The summed E-state index contributed by atoms with van der Waals surface area (Å²) in [6.07, 6.45) is -9.24. The smallest absolute Gasteiger partial charge is 0.343 e. The first-order valence-corrected chi connectivity index (χ1v) is 4.57. The molecule has 1 nitrogen and oxygen atoms in total. The minimum atomic E-state index is -4.71. The van der Waals surface area contributed by atoms with E-state index >= 15 is 0 Å². The summed E-state index contributed by atoms with van der Waals surface area (Å²) in [5.74, 6) is 0. The van der Waals surface area contributed by atoms with Gasteiger partial charge in [0.15, 0.2) is 4.99 Å². The highest BCUT2D eigenvalue weighted by Crippen LogP contribution is 2.30. The molecule has 0 fully saturated rings. The zero-order valence-corrected chi connectivity index (χ0v) is 8.80. The fourth-order valence-electron chi connectivity index (χ4n) is 0.945. The molecule has 0 radical (unpaired) electrons. The van der Waals surface area contributed by atoms with E-state index in [9.17, 15) is 26.3 Å². The SMILES string of the molecule is FC(F)(F)C(=S)Nc1ccc(C(F)(F)F)cc1. The van der Waals surface area contributed by atoms with Crippen molar-refractivity contribution in [3.8, 4) is 0 Å². The Morgan fingerprint density at radius 3 is 1.76 bits per heavy atom. The predicted octanol–water partition coefficient (Wildman–Crippen LogP) is 4.01. The van der Waals surface area contributed by atoms with Gasteiger partial charge in [-0.25, -0.2) is 0 Å². The van der Waals surface area contributed by atoms with Crippen molar-refractivity contribution in [3.05, 3.63) is 29.8 Å². The van der Waals surface area contributed by atoms with Crippen molar-refractivity contribution in [3.63, 3.8) is 0 Å². The van der Waals surface area contributed by atoms with Crippen LogP contribution in [-0.4, -0.2) is 11.2 Å². The van der Waals surface area contributed by atoms with Crippen LogP contribution in [0.5, 0.6) is 0 Å². The summed E-state index contributed by atoms with van der Waals surface area (Å²) >= 11 is 4.02. The summed E-state index contributed by atoms with van der Waals surface area (Å²) in [5, 5.41) is 1.80. The molecule has 0 amide bonds. The van der Waals surface area contributed by atoms with Gasteiger partial charge in [0, 0.05) is 5.69 Å². The Bertz CT molecular complexity index is 405. The van der Waals surface area contributed by atoms with Crippen LogP contribution in [0.4, 0.5) is 32.0 Å². The number of thiocarbonyl (C=S) groups is 1. The number of alkyl halides is 6. The summed E-state index contributed by atoms with van der Waals surface area (Å²) in [4.78, 5) is -1.41. The van der Waals surface area contributed by atoms with Crippen LogP contribution >= 0.6 is 12.2 Å². The number of nitrogens with one attached hydrogen (secondary N) is 1. The lowest BCUT2D eigenvalue weighted by molar-refractivity contribution is -0.137. The molecule has 1 aromatic rings. The van der Waals surface area contributed by atoms with Gasteiger partial charge in [0.25, 0.3) is 0 Å². The Balaban J connectivity index is 2.80. The minimum absolute atomic E-state index is 0.152. The molecule has 0 saturated carbocycles. The summed E-state index contributed by atoms with van der Waals surface area (Å²) < 4.78 is 72.5. The van der Waals surface area contributed by atoms with Crippen LogP contribution in [0.3, 0.4) is 0 Å². The standard InChI is InChI=1S/C9H5F6NS/c10-8(11,12)5-1-3-6(4-2-5)16-7(17)9(13,14)15/h1-4H,(H,16,17). The van der Waals surface area contributed by atoms with E-state index in [4.69, 9.17) is 0 Å². The van der Waals surface area contributed by atoms with E-state index in [1.54, 1.807) is 5.32 Å². The second-order valence-electron chi connectivity index (χ2n) is 3.03. The molecular formula is C9H5F6NS. The molecule has 0 unspecified atom stereocenters. The van der Waals surface area contributed by atoms with Gasteiger partial charge >= 0.3 is 12.4 Å². The van der Waals surface area contributed by atoms with E-state index in [0.717, 1.165) is 12.1 Å². The zero-order chi connectivity index (χ0) is 13.3. The lowest BCUT2D eigenvalue weighted by atomic mass is 10.2. The van der Waals surface area contributed by atoms with E-state index in [-0.39, 0.29) is 5.69 Å². The lowest BCUT2D eigenvalue weighted by Crippen LogP contribution is -2.28. The molecule has 0 atom stereocenters. The zero-order valence-electron chi connectivity index (χ0n) is 7.99. The molecule has 1 rings (SSSR count). The van der Waals surface area contributed by atoms with Crippen molar-refractivity contribution < 1.29 is 26.3 Å². The van der Waals surface area contributed by atoms with Crippen LogP contribution in [0.1, 0.15) is 5.56 Å². The molecule has 1 aromatic carbocycles. The van der Waals surface area contributed by atoms with Gasteiger partial charge in [0.05, 0.1) is 5.56 Å². The van der Waals surface area contributed by atoms with Gasteiger partial charge in [0.1, 0.15) is 0 Å². The summed E-state index contributed by atoms with van der Waals surface area (Å²) in [6.45, 7) is 0. The third-order valence-corrected chi connectivity index (χ3v) is 2.06. The number of anilines is 1. The Hall–Kier alpha value is -1.31. The molecule has 94 valence electrons. The fraction of sp³-hybridized carbons (Fsp3) is 0.222. The van der Waals surface area contributed by atoms with Crippen LogP contribution < -0.4 is 5.32 Å². The highest BCUT2D eigenvalue weighted by atomic mass is 32.1. The summed E-state index contributed by atoms with van der Waals surface area (Å²) in [7, 11) is 0. The fourth-order valence-corrected chi connectivity index (χ4v) is 1.06. The average Bonchev–Trinajstić information content (AvgIpc) is 2.15. The highest BCUT2D eigenvalue weighted by molar-refractivity contribution is 7.80. The molecule has 8 heteroatoms. The minimum Gasteiger partial charge on any atom is -0.343 e. The second-order valence-corrected chi connectivity index (χ2v) is 3.44. The average molecular weight is 273 g/mol. The van der Waals surface area contributed by atoms with E-state index in [1.165, 1.54) is 0 Å². The van der Waals surface area contributed by atoms with Gasteiger partial charge in [-0.15, -0.1) is 0 Å². The summed E-state index contributed by atoms with van der Waals surface area (Å²) in [6, 6.07) is 3.09. The number of rotatable bonds is 1. The molecular weight excluding hydrogens is 268 g/mol. The summed E-state index contributed by atoms with van der Waals surface area (Å²) in [5.41, 5.74) is -1.10. The van der Waals surface area contributed by atoms with Gasteiger partial charge in [-0.2, -0.15) is 26.3 Å². The van der Waals surface area contributed by atoms with Gasteiger partial charge in [0.2, 0.25) is 0 Å². The molecule has 0 aromatic heterocycles. The first-order valence-electron chi connectivity index (χ1n) is 4.16. The van der Waals surface area contributed by atoms with Crippen LogP contribution in [0.25, 0.3) is 0 Å². The van der Waals surface area contributed by atoms with Gasteiger partial charge < -0.3 is 5.32 Å². The Kier molecular flexibility index (Phi) is 3.65.